The van der Waals surface area contributed by atoms with Crippen LogP contribution in [0, 0.1) is 5.41 Å². The number of benzene rings is 2. The Morgan fingerprint density at radius 3 is 2.57 bits per heavy atom. The van der Waals surface area contributed by atoms with Crippen molar-refractivity contribution in [3.05, 3.63) is 47.5 Å². The van der Waals surface area contributed by atoms with Crippen LogP contribution in [0.5, 0.6) is 11.5 Å². The number of ether oxygens (including phenoxy) is 2. The average Bonchev–Trinajstić information content (AvgIpc) is 3.69. The zero-order valence-electron chi connectivity index (χ0n) is 20.1. The number of anilines is 2. The van der Waals surface area contributed by atoms with E-state index in [0.29, 0.717) is 30.5 Å². The fraction of sp³-hybridized carbons (Fsp3) is 0.481. The van der Waals surface area contributed by atoms with Crippen molar-refractivity contribution in [2.75, 3.05) is 16.8 Å². The fourth-order valence-corrected chi connectivity index (χ4v) is 5.39. The molecule has 1 amide bonds. The first-order valence-electron chi connectivity index (χ1n) is 12.2. The Labute approximate surface area is 203 Å². The zero-order chi connectivity index (χ0) is 24.6. The highest BCUT2D eigenvalue weighted by molar-refractivity contribution is 6.01. The smallest absolute Gasteiger partial charge is 0.395 e. The minimum Gasteiger partial charge on any atom is -0.395 e. The van der Waals surface area contributed by atoms with E-state index in [2.05, 4.69) is 57.6 Å². The lowest BCUT2D eigenvalue weighted by molar-refractivity contribution is -0.286. The number of carbonyl (C=O) groups excluding carboxylic acids is 1. The highest BCUT2D eigenvalue weighted by atomic mass is 19.3. The van der Waals surface area contributed by atoms with E-state index in [9.17, 15) is 13.6 Å². The van der Waals surface area contributed by atoms with Gasteiger partial charge in [-0.25, -0.2) is 0 Å². The van der Waals surface area contributed by atoms with Crippen molar-refractivity contribution in [3.8, 4) is 11.5 Å². The minimum absolute atomic E-state index is 0.0141. The van der Waals surface area contributed by atoms with Gasteiger partial charge >= 0.3 is 6.29 Å². The van der Waals surface area contributed by atoms with Gasteiger partial charge in [0.15, 0.2) is 11.5 Å². The summed E-state index contributed by atoms with van der Waals surface area (Å²) in [6, 6.07) is 11.5. The Kier molecular flexibility index (Phi) is 4.73. The van der Waals surface area contributed by atoms with E-state index in [1.54, 1.807) is 6.07 Å². The molecule has 3 aliphatic heterocycles. The van der Waals surface area contributed by atoms with E-state index in [1.165, 1.54) is 23.4 Å². The van der Waals surface area contributed by atoms with Gasteiger partial charge < -0.3 is 19.7 Å². The predicted molar refractivity (Wildman–Crippen MR) is 130 cm³/mol. The summed E-state index contributed by atoms with van der Waals surface area (Å²) < 4.78 is 35.9. The maximum atomic E-state index is 13.4. The third-order valence-corrected chi connectivity index (χ3v) is 7.60. The zero-order valence-corrected chi connectivity index (χ0v) is 20.1. The number of aliphatic imine (C=N–C) groups is 1. The molecule has 6 rings (SSSR count). The molecule has 2 atom stereocenters. The second-order valence-electron chi connectivity index (χ2n) is 11.1. The lowest BCUT2D eigenvalue weighted by Gasteiger charge is -2.37. The number of amides is 1. The summed E-state index contributed by atoms with van der Waals surface area (Å²) in [4.78, 5) is 20.1. The van der Waals surface area contributed by atoms with E-state index in [1.807, 2.05) is 12.3 Å². The SMILES string of the molecule is CC(C)(C)C1Cc2cc(NC(=O)C3(c4ccc5c(c4)OC(F)(F)O5)CC3)ccc2N1CCC1C=N1. The summed E-state index contributed by atoms with van der Waals surface area (Å²) in [5.74, 6) is -0.176. The number of alkyl halides is 2. The molecule has 0 saturated heterocycles. The molecule has 3 heterocycles. The maximum Gasteiger partial charge on any atom is 0.586 e. The van der Waals surface area contributed by atoms with E-state index >= 15 is 0 Å². The quantitative estimate of drug-likeness (QED) is 0.608. The van der Waals surface area contributed by atoms with Crippen molar-refractivity contribution >= 4 is 23.5 Å². The van der Waals surface area contributed by atoms with Gasteiger partial charge in [0.1, 0.15) is 0 Å². The van der Waals surface area contributed by atoms with Crippen molar-refractivity contribution in [1.29, 1.82) is 0 Å². The Hall–Kier alpha value is -3.16. The lowest BCUT2D eigenvalue weighted by Crippen LogP contribution is -2.42. The maximum absolute atomic E-state index is 13.4. The van der Waals surface area contributed by atoms with Gasteiger partial charge in [-0.3, -0.25) is 9.79 Å². The Morgan fingerprint density at radius 1 is 1.14 bits per heavy atom. The Balaban J connectivity index is 1.20. The number of carbonyl (C=O) groups is 1. The van der Waals surface area contributed by atoms with Crippen molar-refractivity contribution in [3.63, 3.8) is 0 Å². The normalized spacial score (nSPS) is 24.3. The van der Waals surface area contributed by atoms with Crippen LogP contribution in [0.2, 0.25) is 0 Å². The van der Waals surface area contributed by atoms with Gasteiger partial charge in [0.25, 0.3) is 0 Å². The Bertz CT molecular complexity index is 1230. The average molecular weight is 482 g/mol. The van der Waals surface area contributed by atoms with Crippen LogP contribution in [0.15, 0.2) is 41.4 Å². The molecule has 0 aromatic heterocycles. The third-order valence-electron chi connectivity index (χ3n) is 7.60. The van der Waals surface area contributed by atoms with Crippen LogP contribution in [0.25, 0.3) is 0 Å². The van der Waals surface area contributed by atoms with Gasteiger partial charge in [-0.1, -0.05) is 26.8 Å². The number of nitrogens with one attached hydrogen (secondary N) is 1. The number of hydrogen-bond donors (Lipinski definition) is 1. The van der Waals surface area contributed by atoms with Gasteiger partial charge in [0.2, 0.25) is 5.91 Å². The molecule has 1 fully saturated rings. The van der Waals surface area contributed by atoms with Crippen LogP contribution in [-0.4, -0.2) is 37.0 Å². The van der Waals surface area contributed by atoms with E-state index < -0.39 is 11.7 Å². The molecule has 184 valence electrons. The summed E-state index contributed by atoms with van der Waals surface area (Å²) in [5, 5.41) is 3.09. The van der Waals surface area contributed by atoms with Crippen molar-refractivity contribution in [2.45, 2.75) is 70.2 Å². The lowest BCUT2D eigenvalue weighted by atomic mass is 9.84. The Morgan fingerprint density at radius 2 is 1.89 bits per heavy atom. The largest absolute Gasteiger partial charge is 0.586 e. The summed E-state index contributed by atoms with van der Waals surface area (Å²) in [5.41, 5.74) is 3.25. The molecule has 8 heteroatoms. The molecular formula is C27H29F2N3O3. The van der Waals surface area contributed by atoms with Gasteiger partial charge in [0, 0.05) is 30.2 Å². The molecule has 2 aromatic carbocycles. The first-order valence-corrected chi connectivity index (χ1v) is 12.2. The van der Waals surface area contributed by atoms with Crippen LogP contribution >= 0.6 is 0 Å². The first kappa shape index (κ1) is 22.3. The van der Waals surface area contributed by atoms with Gasteiger partial charge in [-0.15, -0.1) is 8.78 Å². The molecule has 6 nitrogen and oxygen atoms in total. The molecule has 1 saturated carbocycles. The first-order chi connectivity index (χ1) is 16.5. The van der Waals surface area contributed by atoms with Crippen LogP contribution in [-0.2, 0) is 16.6 Å². The molecule has 0 bridgehead atoms. The molecule has 4 aliphatic rings. The molecule has 0 radical (unpaired) electrons. The highest BCUT2D eigenvalue weighted by Gasteiger charge is 2.53. The number of nitrogens with zero attached hydrogens (tertiary/aromatic N) is 2. The van der Waals surface area contributed by atoms with Crippen LogP contribution in [0.3, 0.4) is 0 Å². The second-order valence-corrected chi connectivity index (χ2v) is 11.1. The third kappa shape index (κ3) is 4.02. The monoisotopic (exact) mass is 481 g/mol. The van der Waals surface area contributed by atoms with Crippen molar-refractivity contribution in [1.82, 2.24) is 0 Å². The number of fused-ring (bicyclic) bond motifs is 2. The van der Waals surface area contributed by atoms with Crippen LogP contribution < -0.4 is 19.7 Å². The minimum atomic E-state index is -3.67. The van der Waals surface area contributed by atoms with E-state index in [-0.39, 0.29) is 22.8 Å². The van der Waals surface area contributed by atoms with Gasteiger partial charge in [-0.05, 0) is 72.6 Å². The second kappa shape index (κ2) is 7.42. The molecule has 1 N–H and O–H groups in total. The summed E-state index contributed by atoms with van der Waals surface area (Å²) >= 11 is 0. The summed E-state index contributed by atoms with van der Waals surface area (Å²) in [6.45, 7) is 7.76. The molecular weight excluding hydrogens is 452 g/mol. The van der Waals surface area contributed by atoms with E-state index in [0.717, 1.165) is 25.1 Å². The van der Waals surface area contributed by atoms with Crippen molar-refractivity contribution in [2.24, 2.45) is 10.4 Å². The molecule has 35 heavy (non-hydrogen) atoms. The summed E-state index contributed by atoms with van der Waals surface area (Å²) in [7, 11) is 0. The van der Waals surface area contributed by atoms with Crippen LogP contribution in [0.4, 0.5) is 20.2 Å². The van der Waals surface area contributed by atoms with E-state index in [4.69, 9.17) is 0 Å². The molecule has 1 aliphatic carbocycles. The fourth-order valence-electron chi connectivity index (χ4n) is 5.39. The van der Waals surface area contributed by atoms with Crippen molar-refractivity contribution < 1.29 is 23.0 Å². The predicted octanol–water partition coefficient (Wildman–Crippen LogP) is 5.30. The molecule has 0 spiro atoms. The molecule has 2 aromatic rings. The topological polar surface area (TPSA) is 63.2 Å². The standard InChI is InChI=1S/C27H29F2N3O3/c1-25(2,3)23-13-16-12-18(5-6-20(16)32(23)11-8-19-15-30-19)31-24(33)26(9-10-26)17-4-7-21-22(14-17)35-27(28,29)34-21/h4-7,12,14-15,19,23H,8-11,13H2,1-3H3,(H,31,33). The number of halogens is 2. The number of hydrogen-bond acceptors (Lipinski definition) is 5. The summed E-state index contributed by atoms with van der Waals surface area (Å²) in [6.07, 6.45) is 1.59. The van der Waals surface area contributed by atoms with Crippen LogP contribution in [0.1, 0.15) is 51.2 Å². The van der Waals surface area contributed by atoms with Gasteiger partial charge in [-0.2, -0.15) is 0 Å². The number of rotatable bonds is 6. The molecule has 2 unspecified atom stereocenters. The highest BCUT2D eigenvalue weighted by Crippen LogP contribution is 2.52. The van der Waals surface area contributed by atoms with Gasteiger partial charge in [0.05, 0.1) is 11.5 Å².